The number of carboxylic acids is 1. The van der Waals surface area contributed by atoms with E-state index in [1.54, 1.807) is 0 Å². The monoisotopic (exact) mass is 517 g/mol. The van der Waals surface area contributed by atoms with Crippen LogP contribution in [-0.4, -0.2) is 48.1 Å². The molecule has 1 atom stereocenters. The highest BCUT2D eigenvalue weighted by molar-refractivity contribution is 7.10. The van der Waals surface area contributed by atoms with Crippen molar-refractivity contribution in [3.8, 4) is 0 Å². The molecule has 0 aliphatic heterocycles. The van der Waals surface area contributed by atoms with E-state index in [-0.39, 0.29) is 23.9 Å². The first-order valence-electron chi connectivity index (χ1n) is 14.1. The number of carbonyl (C=O) groups excluding carboxylic acids is 1. The third-order valence-corrected chi connectivity index (χ3v) is 10.9. The first-order valence-corrected chi connectivity index (χ1v) is 15.0. The molecule has 1 amide bonds. The van der Waals surface area contributed by atoms with Gasteiger partial charge in [-0.3, -0.25) is 14.5 Å². The Morgan fingerprint density at radius 3 is 2.17 bits per heavy atom. The standard InChI is InChI=1S/C17H27NO3.C12H20N2S/c1-11(18-15(19)3-2-4-16(20)21)17-8-12-5-13(9-17)7-14(6-12)10-17;1-14(2)12(11-4-3-9-15-11)7-5-10(13)6-8-12/h11-14H,2-10H2,1H3,(H,18,19)(H,20,21);3-4,9-10H,5-8,13H2,1-2H3. The molecule has 1 aromatic heterocycles. The molecule has 36 heavy (non-hydrogen) atoms. The van der Waals surface area contributed by atoms with Crippen molar-refractivity contribution in [3.63, 3.8) is 0 Å². The number of aliphatic carboxylic acids is 1. The zero-order valence-electron chi connectivity index (χ0n) is 22.5. The predicted molar refractivity (Wildman–Crippen MR) is 146 cm³/mol. The van der Waals surface area contributed by atoms with E-state index in [1.807, 2.05) is 11.3 Å². The van der Waals surface area contributed by atoms with E-state index in [0.29, 0.717) is 24.3 Å². The Hall–Kier alpha value is -1.44. The van der Waals surface area contributed by atoms with Gasteiger partial charge in [0.25, 0.3) is 0 Å². The summed E-state index contributed by atoms with van der Waals surface area (Å²) in [6.07, 6.45) is 13.7. The van der Waals surface area contributed by atoms with Gasteiger partial charge in [0.1, 0.15) is 0 Å². The van der Waals surface area contributed by atoms with Gasteiger partial charge in [-0.05, 0) is 126 Å². The lowest BCUT2D eigenvalue weighted by Crippen LogP contribution is -2.55. The molecular weight excluding hydrogens is 470 g/mol. The number of thiophene rings is 1. The molecule has 0 aromatic carbocycles. The quantitative estimate of drug-likeness (QED) is 0.431. The summed E-state index contributed by atoms with van der Waals surface area (Å²) in [5.41, 5.74) is 6.58. The van der Waals surface area contributed by atoms with Gasteiger partial charge >= 0.3 is 5.97 Å². The Morgan fingerprint density at radius 1 is 1.11 bits per heavy atom. The number of nitrogens with two attached hydrogens (primary N) is 1. The SMILES string of the molecule is CC(NC(=O)CCCC(=O)O)C12CC3CC(CC(C3)C1)C2.CN(C)C1(c2cccs2)CCC(N)CC1. The summed E-state index contributed by atoms with van der Waals surface area (Å²) in [5.74, 6) is 1.88. The second-order valence-corrected chi connectivity index (χ2v) is 13.5. The Balaban J connectivity index is 0.000000179. The summed E-state index contributed by atoms with van der Waals surface area (Å²) in [6, 6.07) is 5.07. The van der Waals surface area contributed by atoms with Crippen LogP contribution in [0.5, 0.6) is 0 Å². The lowest BCUT2D eigenvalue weighted by atomic mass is 9.48. The summed E-state index contributed by atoms with van der Waals surface area (Å²) in [5, 5.41) is 14.0. The van der Waals surface area contributed by atoms with Crippen molar-refractivity contribution < 1.29 is 14.7 Å². The third kappa shape index (κ3) is 6.16. The van der Waals surface area contributed by atoms with Crippen molar-refractivity contribution in [3.05, 3.63) is 22.4 Å². The molecule has 1 unspecified atom stereocenters. The summed E-state index contributed by atoms with van der Waals surface area (Å²) >= 11 is 1.88. The van der Waals surface area contributed by atoms with Gasteiger partial charge in [-0.2, -0.15) is 0 Å². The molecule has 1 aromatic rings. The van der Waals surface area contributed by atoms with Crippen LogP contribution < -0.4 is 11.1 Å². The number of hydrogen-bond donors (Lipinski definition) is 3. The van der Waals surface area contributed by atoms with Crippen LogP contribution in [0.15, 0.2) is 17.5 Å². The minimum absolute atomic E-state index is 0.0273. The molecule has 1 heterocycles. The van der Waals surface area contributed by atoms with Gasteiger partial charge in [-0.1, -0.05) is 6.07 Å². The van der Waals surface area contributed by atoms with Crippen molar-refractivity contribution in [1.82, 2.24) is 10.2 Å². The van der Waals surface area contributed by atoms with Gasteiger partial charge < -0.3 is 16.2 Å². The summed E-state index contributed by atoms with van der Waals surface area (Å²) in [4.78, 5) is 26.4. The summed E-state index contributed by atoms with van der Waals surface area (Å²) in [7, 11) is 4.38. The highest BCUT2D eigenvalue weighted by atomic mass is 32.1. The van der Waals surface area contributed by atoms with Gasteiger partial charge in [0.2, 0.25) is 5.91 Å². The fraction of sp³-hybridized carbons (Fsp3) is 0.793. The molecule has 4 bridgehead atoms. The Bertz CT molecular complexity index is 841. The molecule has 4 N–H and O–H groups in total. The normalized spacial score (nSPS) is 35.7. The average molecular weight is 518 g/mol. The van der Waals surface area contributed by atoms with Crippen LogP contribution in [0.4, 0.5) is 0 Å². The maximum atomic E-state index is 12.0. The average Bonchev–Trinajstić information content (AvgIpc) is 3.34. The molecule has 0 radical (unpaired) electrons. The first-order chi connectivity index (χ1) is 17.1. The molecule has 5 fully saturated rings. The number of amides is 1. The molecule has 202 valence electrons. The van der Waals surface area contributed by atoms with Crippen LogP contribution in [0.3, 0.4) is 0 Å². The van der Waals surface area contributed by atoms with E-state index in [9.17, 15) is 9.59 Å². The third-order valence-electron chi connectivity index (χ3n) is 9.87. The molecule has 7 heteroatoms. The molecule has 5 aliphatic carbocycles. The maximum Gasteiger partial charge on any atom is 0.303 e. The molecule has 5 aliphatic rings. The Labute approximate surface area is 221 Å². The molecule has 5 saturated carbocycles. The number of hydrogen-bond acceptors (Lipinski definition) is 5. The van der Waals surface area contributed by atoms with E-state index in [1.165, 1.54) is 56.2 Å². The van der Waals surface area contributed by atoms with Crippen LogP contribution in [0.25, 0.3) is 0 Å². The fourth-order valence-corrected chi connectivity index (χ4v) is 9.22. The number of rotatable bonds is 8. The lowest BCUT2D eigenvalue weighted by molar-refractivity contribution is -0.137. The summed E-state index contributed by atoms with van der Waals surface area (Å²) in [6.45, 7) is 2.17. The van der Waals surface area contributed by atoms with E-state index in [2.05, 4.69) is 48.7 Å². The highest BCUT2D eigenvalue weighted by Crippen LogP contribution is 2.61. The zero-order valence-corrected chi connectivity index (χ0v) is 23.3. The number of carbonyl (C=O) groups is 2. The first kappa shape index (κ1) is 27.6. The largest absolute Gasteiger partial charge is 0.481 e. The number of carboxylic acid groups (broad SMARTS) is 1. The molecule has 6 nitrogen and oxygen atoms in total. The number of nitrogens with one attached hydrogen (secondary N) is 1. The van der Waals surface area contributed by atoms with E-state index in [0.717, 1.165) is 30.6 Å². The minimum Gasteiger partial charge on any atom is -0.481 e. The smallest absolute Gasteiger partial charge is 0.303 e. The van der Waals surface area contributed by atoms with E-state index < -0.39 is 5.97 Å². The second-order valence-electron chi connectivity index (χ2n) is 12.6. The Kier molecular flexibility index (Phi) is 8.83. The minimum atomic E-state index is -0.822. The van der Waals surface area contributed by atoms with E-state index >= 15 is 0 Å². The second kappa shape index (κ2) is 11.5. The lowest BCUT2D eigenvalue weighted by Gasteiger charge is -2.59. The van der Waals surface area contributed by atoms with Crippen molar-refractivity contribution in [2.45, 2.75) is 108 Å². The van der Waals surface area contributed by atoms with Crippen LogP contribution in [-0.2, 0) is 15.1 Å². The van der Waals surface area contributed by atoms with E-state index in [4.69, 9.17) is 10.8 Å². The predicted octanol–water partition coefficient (Wildman–Crippen LogP) is 5.37. The highest BCUT2D eigenvalue weighted by Gasteiger charge is 2.53. The summed E-state index contributed by atoms with van der Waals surface area (Å²) < 4.78 is 0. The van der Waals surface area contributed by atoms with Crippen LogP contribution in [0.1, 0.15) is 95.3 Å². The van der Waals surface area contributed by atoms with Crippen molar-refractivity contribution in [2.75, 3.05) is 14.1 Å². The topological polar surface area (TPSA) is 95.7 Å². The maximum absolute atomic E-state index is 12.0. The fourth-order valence-electron chi connectivity index (χ4n) is 8.15. The van der Waals surface area contributed by atoms with Gasteiger partial charge in [-0.25, -0.2) is 0 Å². The van der Waals surface area contributed by atoms with Crippen molar-refractivity contribution >= 4 is 23.2 Å². The number of nitrogens with zero attached hydrogens (tertiary/aromatic N) is 1. The molecule has 0 spiro atoms. The van der Waals surface area contributed by atoms with Gasteiger partial charge in [-0.15, -0.1) is 11.3 Å². The molecule has 6 rings (SSSR count). The molecular formula is C29H47N3O3S. The van der Waals surface area contributed by atoms with Gasteiger partial charge in [0, 0.05) is 29.8 Å². The van der Waals surface area contributed by atoms with Crippen LogP contribution in [0.2, 0.25) is 0 Å². The van der Waals surface area contributed by atoms with Gasteiger partial charge in [0.15, 0.2) is 0 Å². The van der Waals surface area contributed by atoms with Crippen molar-refractivity contribution in [2.24, 2.45) is 28.9 Å². The molecule has 0 saturated heterocycles. The Morgan fingerprint density at radius 2 is 1.69 bits per heavy atom. The van der Waals surface area contributed by atoms with Crippen molar-refractivity contribution in [1.29, 1.82) is 0 Å². The zero-order chi connectivity index (χ0) is 25.9. The van der Waals surface area contributed by atoms with Gasteiger partial charge in [0.05, 0.1) is 5.54 Å². The van der Waals surface area contributed by atoms with Crippen LogP contribution >= 0.6 is 11.3 Å². The van der Waals surface area contributed by atoms with Crippen LogP contribution in [0, 0.1) is 23.2 Å².